The van der Waals surface area contributed by atoms with Crippen molar-refractivity contribution in [1.29, 1.82) is 0 Å². The van der Waals surface area contributed by atoms with Gasteiger partial charge in [-0.3, -0.25) is 9.48 Å². The van der Waals surface area contributed by atoms with Crippen molar-refractivity contribution < 1.29 is 9.53 Å². The van der Waals surface area contributed by atoms with Crippen LogP contribution >= 0.6 is 23.2 Å². The Hall–Kier alpha value is -2.08. The monoisotopic (exact) mass is 391 g/mol. The van der Waals surface area contributed by atoms with Crippen LogP contribution in [0.1, 0.15) is 22.5 Å². The van der Waals surface area contributed by atoms with E-state index in [4.69, 9.17) is 27.9 Å². The second-order valence-corrected chi connectivity index (χ2v) is 6.64. The zero-order valence-electron chi connectivity index (χ0n) is 14.3. The molecule has 3 rings (SSSR count). The van der Waals surface area contributed by atoms with Gasteiger partial charge in [-0.05, 0) is 24.6 Å². The summed E-state index contributed by atoms with van der Waals surface area (Å²) in [5, 5.41) is 9.34. The summed E-state index contributed by atoms with van der Waals surface area (Å²) < 4.78 is 6.75. The van der Waals surface area contributed by atoms with Crippen molar-refractivity contribution in [1.82, 2.24) is 15.1 Å². The molecule has 5 nitrogen and oxygen atoms in total. The molecular weight excluding hydrogens is 373 g/mol. The molecule has 2 aromatic carbocycles. The van der Waals surface area contributed by atoms with Crippen molar-refractivity contribution in [3.63, 3.8) is 0 Å². The summed E-state index contributed by atoms with van der Waals surface area (Å²) >= 11 is 12.6. The standard InChI is InChI=1S/C19H19Cl2N3O2/c1-26-11-5-10-22-19(25)18-13-6-2-3-9-17(13)24(23-18)12-14-15(20)7-4-8-16(14)21/h2-4,6-9H,5,10-12H2,1H3,(H,22,25). The van der Waals surface area contributed by atoms with Crippen molar-refractivity contribution in [2.75, 3.05) is 20.3 Å². The molecule has 0 bridgehead atoms. The van der Waals surface area contributed by atoms with Crippen LogP contribution in [0.3, 0.4) is 0 Å². The number of amides is 1. The SMILES string of the molecule is COCCCNC(=O)c1nn(Cc2c(Cl)cccc2Cl)c2ccccc12. The molecule has 1 aromatic heterocycles. The van der Waals surface area contributed by atoms with Gasteiger partial charge in [-0.2, -0.15) is 5.10 Å². The molecule has 1 amide bonds. The molecule has 1 N–H and O–H groups in total. The topological polar surface area (TPSA) is 56.1 Å². The first-order chi connectivity index (χ1) is 12.6. The third kappa shape index (κ3) is 4.01. The molecule has 0 unspecified atom stereocenters. The number of ether oxygens (including phenoxy) is 1. The Kier molecular flexibility index (Phi) is 6.14. The number of rotatable bonds is 7. The first-order valence-electron chi connectivity index (χ1n) is 8.27. The van der Waals surface area contributed by atoms with E-state index < -0.39 is 0 Å². The molecule has 0 aliphatic carbocycles. The van der Waals surface area contributed by atoms with Crippen LogP contribution < -0.4 is 5.32 Å². The van der Waals surface area contributed by atoms with Gasteiger partial charge in [0.1, 0.15) is 0 Å². The van der Waals surface area contributed by atoms with Crippen molar-refractivity contribution >= 4 is 40.0 Å². The molecule has 1 heterocycles. The predicted molar refractivity (Wildman–Crippen MR) is 104 cm³/mol. The minimum absolute atomic E-state index is 0.207. The Morgan fingerprint density at radius 3 is 2.62 bits per heavy atom. The molecule has 0 aliphatic rings. The zero-order chi connectivity index (χ0) is 18.5. The predicted octanol–water partition coefficient (Wildman–Crippen LogP) is 4.16. The number of benzene rings is 2. The summed E-state index contributed by atoms with van der Waals surface area (Å²) in [6.45, 7) is 1.51. The van der Waals surface area contributed by atoms with E-state index in [2.05, 4.69) is 10.4 Å². The highest BCUT2D eigenvalue weighted by Crippen LogP contribution is 2.27. The van der Waals surface area contributed by atoms with Gasteiger partial charge in [0.15, 0.2) is 5.69 Å². The van der Waals surface area contributed by atoms with Crippen molar-refractivity contribution in [2.24, 2.45) is 0 Å². The van der Waals surface area contributed by atoms with E-state index in [0.717, 1.165) is 22.9 Å². The fourth-order valence-electron chi connectivity index (χ4n) is 2.75. The van der Waals surface area contributed by atoms with Gasteiger partial charge < -0.3 is 10.1 Å². The number of aromatic nitrogens is 2. The van der Waals surface area contributed by atoms with Crippen LogP contribution in [0.4, 0.5) is 0 Å². The molecule has 0 saturated heterocycles. The van der Waals surface area contributed by atoms with Crippen molar-refractivity contribution in [3.05, 3.63) is 63.8 Å². The summed E-state index contributed by atoms with van der Waals surface area (Å²) in [5.74, 6) is -0.207. The summed E-state index contributed by atoms with van der Waals surface area (Å²) in [4.78, 5) is 12.5. The van der Waals surface area contributed by atoms with E-state index in [0.29, 0.717) is 35.4 Å². The molecule has 3 aromatic rings. The van der Waals surface area contributed by atoms with Crippen molar-refractivity contribution in [3.8, 4) is 0 Å². The van der Waals surface area contributed by atoms with Gasteiger partial charge in [-0.25, -0.2) is 0 Å². The molecule has 7 heteroatoms. The Labute approximate surface area is 161 Å². The first-order valence-corrected chi connectivity index (χ1v) is 9.03. The summed E-state index contributed by atoms with van der Waals surface area (Å²) in [7, 11) is 1.64. The van der Waals surface area contributed by atoms with Crippen LogP contribution in [0.15, 0.2) is 42.5 Å². The molecule has 26 heavy (non-hydrogen) atoms. The van der Waals surface area contributed by atoms with Gasteiger partial charge in [-0.1, -0.05) is 47.5 Å². The Morgan fingerprint density at radius 1 is 1.15 bits per heavy atom. The van der Waals surface area contributed by atoms with E-state index in [1.807, 2.05) is 24.3 Å². The Morgan fingerprint density at radius 2 is 1.88 bits per heavy atom. The highest BCUT2D eigenvalue weighted by atomic mass is 35.5. The zero-order valence-corrected chi connectivity index (χ0v) is 15.8. The quantitative estimate of drug-likeness (QED) is 0.615. The molecule has 0 atom stereocenters. The van der Waals surface area contributed by atoms with Crippen LogP contribution in [0.25, 0.3) is 10.9 Å². The number of para-hydroxylation sites is 1. The lowest BCUT2D eigenvalue weighted by atomic mass is 10.2. The molecule has 0 aliphatic heterocycles. The number of hydrogen-bond acceptors (Lipinski definition) is 3. The van der Waals surface area contributed by atoms with Gasteiger partial charge in [0.25, 0.3) is 5.91 Å². The molecular formula is C19H19Cl2N3O2. The van der Waals surface area contributed by atoms with Gasteiger partial charge in [0.2, 0.25) is 0 Å². The molecule has 136 valence electrons. The van der Waals surface area contributed by atoms with E-state index in [1.54, 1.807) is 30.0 Å². The minimum Gasteiger partial charge on any atom is -0.385 e. The largest absolute Gasteiger partial charge is 0.385 e. The fraction of sp³-hybridized carbons (Fsp3) is 0.263. The number of halogens is 2. The molecule has 0 spiro atoms. The smallest absolute Gasteiger partial charge is 0.272 e. The average molecular weight is 392 g/mol. The third-order valence-electron chi connectivity index (χ3n) is 4.05. The maximum Gasteiger partial charge on any atom is 0.272 e. The van der Waals surface area contributed by atoms with E-state index >= 15 is 0 Å². The summed E-state index contributed by atoms with van der Waals surface area (Å²) in [6.07, 6.45) is 0.746. The van der Waals surface area contributed by atoms with Crippen LogP contribution in [-0.2, 0) is 11.3 Å². The fourth-order valence-corrected chi connectivity index (χ4v) is 3.27. The highest BCUT2D eigenvalue weighted by Gasteiger charge is 2.18. The van der Waals surface area contributed by atoms with Crippen molar-refractivity contribution in [2.45, 2.75) is 13.0 Å². The number of methoxy groups -OCH3 is 1. The number of fused-ring (bicyclic) bond motifs is 1. The number of hydrogen-bond donors (Lipinski definition) is 1. The molecule has 0 saturated carbocycles. The molecule has 0 fully saturated rings. The second kappa shape index (κ2) is 8.54. The van der Waals surface area contributed by atoms with Crippen LogP contribution in [0.2, 0.25) is 10.0 Å². The highest BCUT2D eigenvalue weighted by molar-refractivity contribution is 6.36. The average Bonchev–Trinajstić information content (AvgIpc) is 3.01. The first kappa shape index (κ1) is 18.7. The van der Waals surface area contributed by atoms with Crippen LogP contribution in [-0.4, -0.2) is 35.9 Å². The second-order valence-electron chi connectivity index (χ2n) is 5.83. The van der Waals surface area contributed by atoms with E-state index in [9.17, 15) is 4.79 Å². The van der Waals surface area contributed by atoms with Gasteiger partial charge in [-0.15, -0.1) is 0 Å². The Balaban J connectivity index is 1.91. The number of nitrogens with one attached hydrogen (secondary N) is 1. The lowest BCUT2D eigenvalue weighted by Gasteiger charge is -2.08. The van der Waals surface area contributed by atoms with Gasteiger partial charge >= 0.3 is 0 Å². The third-order valence-corrected chi connectivity index (χ3v) is 4.76. The number of carbonyl (C=O) groups is 1. The summed E-state index contributed by atoms with van der Waals surface area (Å²) in [6, 6.07) is 13.0. The van der Waals surface area contributed by atoms with E-state index in [1.165, 1.54) is 0 Å². The van der Waals surface area contributed by atoms with Gasteiger partial charge in [0, 0.05) is 41.3 Å². The lowest BCUT2D eigenvalue weighted by Crippen LogP contribution is -2.26. The normalized spacial score (nSPS) is 11.0. The van der Waals surface area contributed by atoms with Crippen LogP contribution in [0, 0.1) is 0 Å². The maximum absolute atomic E-state index is 12.5. The Bertz CT molecular complexity index is 904. The molecule has 0 radical (unpaired) electrons. The van der Waals surface area contributed by atoms with Gasteiger partial charge in [0.05, 0.1) is 12.1 Å². The number of carbonyl (C=O) groups excluding carboxylic acids is 1. The minimum atomic E-state index is -0.207. The van der Waals surface area contributed by atoms with Crippen LogP contribution in [0.5, 0.6) is 0 Å². The lowest BCUT2D eigenvalue weighted by molar-refractivity contribution is 0.0944. The van der Waals surface area contributed by atoms with E-state index in [-0.39, 0.29) is 5.91 Å². The maximum atomic E-state index is 12.5. The number of nitrogens with zero attached hydrogens (tertiary/aromatic N) is 2. The summed E-state index contributed by atoms with van der Waals surface area (Å²) in [5.41, 5.74) is 2.02.